The van der Waals surface area contributed by atoms with Crippen LogP contribution >= 0.6 is 15.9 Å². The molecule has 2 aromatic carbocycles. The van der Waals surface area contributed by atoms with Crippen molar-refractivity contribution in [2.24, 2.45) is 5.41 Å². The molecular weight excluding hydrogens is 532 g/mol. The standard InChI is InChI=1S/C25H25BrN4O6/c1-25(2,3)24(33)36-14-35-22(32)9-8-21(31)30-19-11-17-18(12-20(19)34-4)27-13-28-23(17)29-16-7-5-6-15(26)10-16/h5-13H,14H2,1-4H3,(H,30,31)(H,27,28,29). The number of hydrogen-bond acceptors (Lipinski definition) is 9. The first-order valence-corrected chi connectivity index (χ1v) is 11.5. The number of hydrogen-bond donors (Lipinski definition) is 2. The summed E-state index contributed by atoms with van der Waals surface area (Å²) in [5.74, 6) is -1.06. The van der Waals surface area contributed by atoms with Crippen molar-refractivity contribution in [3.05, 3.63) is 59.4 Å². The molecule has 11 heteroatoms. The van der Waals surface area contributed by atoms with Crippen molar-refractivity contribution in [1.29, 1.82) is 0 Å². The molecule has 3 aromatic rings. The number of rotatable bonds is 8. The lowest BCUT2D eigenvalue weighted by Gasteiger charge is -2.15. The predicted octanol–water partition coefficient (Wildman–Crippen LogP) is 4.73. The molecule has 3 rings (SSSR count). The number of aromatic nitrogens is 2. The smallest absolute Gasteiger partial charge is 0.333 e. The second-order valence-corrected chi connectivity index (χ2v) is 9.43. The van der Waals surface area contributed by atoms with E-state index in [1.807, 2.05) is 24.3 Å². The molecule has 36 heavy (non-hydrogen) atoms. The summed E-state index contributed by atoms with van der Waals surface area (Å²) in [5, 5.41) is 6.54. The van der Waals surface area contributed by atoms with Crippen LogP contribution in [0, 0.1) is 5.41 Å². The highest BCUT2D eigenvalue weighted by Gasteiger charge is 2.23. The van der Waals surface area contributed by atoms with Gasteiger partial charge in [0.05, 0.1) is 23.7 Å². The molecule has 0 aliphatic carbocycles. The summed E-state index contributed by atoms with van der Waals surface area (Å²) < 4.78 is 15.9. The molecule has 0 radical (unpaired) electrons. The van der Waals surface area contributed by atoms with Gasteiger partial charge in [-0.05, 0) is 45.0 Å². The van der Waals surface area contributed by atoms with Gasteiger partial charge in [0.15, 0.2) is 0 Å². The Morgan fingerprint density at radius 1 is 1.06 bits per heavy atom. The molecule has 188 valence electrons. The van der Waals surface area contributed by atoms with E-state index in [9.17, 15) is 14.4 Å². The zero-order chi connectivity index (χ0) is 26.3. The lowest BCUT2D eigenvalue weighted by Crippen LogP contribution is -2.24. The fraction of sp³-hybridized carbons (Fsp3) is 0.240. The number of nitrogens with one attached hydrogen (secondary N) is 2. The van der Waals surface area contributed by atoms with Crippen LogP contribution in [0.5, 0.6) is 5.75 Å². The van der Waals surface area contributed by atoms with Crippen LogP contribution in [0.1, 0.15) is 20.8 Å². The minimum Gasteiger partial charge on any atom is -0.494 e. The number of nitrogens with zero attached hydrogens (tertiary/aromatic N) is 2. The maximum absolute atomic E-state index is 12.4. The third-order valence-corrected chi connectivity index (χ3v) is 5.17. The van der Waals surface area contributed by atoms with E-state index in [0.29, 0.717) is 28.2 Å². The van der Waals surface area contributed by atoms with Gasteiger partial charge in [-0.1, -0.05) is 22.0 Å². The molecule has 1 amide bonds. The number of ether oxygens (including phenoxy) is 3. The molecule has 0 atom stereocenters. The number of carbonyl (C=O) groups excluding carboxylic acids is 3. The minimum absolute atomic E-state index is 0.346. The number of carbonyl (C=O) groups is 3. The monoisotopic (exact) mass is 556 g/mol. The third-order valence-electron chi connectivity index (χ3n) is 4.68. The number of anilines is 3. The lowest BCUT2D eigenvalue weighted by atomic mass is 9.98. The number of fused-ring (bicyclic) bond motifs is 1. The first kappa shape index (κ1) is 26.6. The molecule has 0 aliphatic heterocycles. The van der Waals surface area contributed by atoms with Crippen LogP contribution in [-0.2, 0) is 23.9 Å². The fourth-order valence-corrected chi connectivity index (χ4v) is 3.28. The highest BCUT2D eigenvalue weighted by atomic mass is 79.9. The van der Waals surface area contributed by atoms with Crippen molar-refractivity contribution in [3.8, 4) is 5.75 Å². The Morgan fingerprint density at radius 3 is 2.53 bits per heavy atom. The van der Waals surface area contributed by atoms with Gasteiger partial charge in [-0.3, -0.25) is 9.59 Å². The Hall–Kier alpha value is -3.99. The summed E-state index contributed by atoms with van der Waals surface area (Å²) in [6.45, 7) is 4.48. The summed E-state index contributed by atoms with van der Waals surface area (Å²) >= 11 is 3.44. The number of halogens is 1. The van der Waals surface area contributed by atoms with E-state index in [4.69, 9.17) is 14.2 Å². The van der Waals surface area contributed by atoms with Gasteiger partial charge in [-0.2, -0.15) is 0 Å². The first-order valence-electron chi connectivity index (χ1n) is 10.7. The first-order chi connectivity index (χ1) is 17.1. The lowest BCUT2D eigenvalue weighted by molar-refractivity contribution is -0.170. The van der Waals surface area contributed by atoms with Crippen molar-refractivity contribution < 1.29 is 28.6 Å². The minimum atomic E-state index is -0.841. The molecular formula is C25H25BrN4O6. The summed E-state index contributed by atoms with van der Waals surface area (Å²) in [7, 11) is 1.46. The second kappa shape index (κ2) is 11.6. The van der Waals surface area contributed by atoms with Gasteiger partial charge in [0, 0.05) is 33.8 Å². The van der Waals surface area contributed by atoms with Gasteiger partial charge in [-0.15, -0.1) is 0 Å². The molecule has 0 unspecified atom stereocenters. The van der Waals surface area contributed by atoms with E-state index in [2.05, 4.69) is 36.5 Å². The zero-order valence-electron chi connectivity index (χ0n) is 20.1. The fourth-order valence-electron chi connectivity index (χ4n) is 2.88. The van der Waals surface area contributed by atoms with Gasteiger partial charge in [-0.25, -0.2) is 14.8 Å². The normalized spacial score (nSPS) is 11.2. The SMILES string of the molecule is COc1cc2ncnc(Nc3cccc(Br)c3)c2cc1NC(=O)C=CC(=O)OCOC(=O)C(C)(C)C. The molecule has 0 spiro atoms. The molecule has 2 N–H and O–H groups in total. The van der Waals surface area contributed by atoms with Crippen LogP contribution in [-0.4, -0.2) is 41.7 Å². The van der Waals surface area contributed by atoms with E-state index < -0.39 is 30.1 Å². The van der Waals surface area contributed by atoms with Gasteiger partial charge in [0.1, 0.15) is 17.9 Å². The molecule has 0 bridgehead atoms. The van der Waals surface area contributed by atoms with E-state index in [1.54, 1.807) is 32.9 Å². The number of esters is 2. The van der Waals surface area contributed by atoms with E-state index >= 15 is 0 Å². The van der Waals surface area contributed by atoms with Gasteiger partial charge in [0.25, 0.3) is 0 Å². The number of benzene rings is 2. The van der Waals surface area contributed by atoms with Crippen LogP contribution in [0.25, 0.3) is 10.9 Å². The summed E-state index contributed by atoms with van der Waals surface area (Å²) in [5.41, 5.74) is 1.03. The molecule has 0 saturated carbocycles. The molecule has 1 heterocycles. The Kier molecular flexibility index (Phi) is 8.59. The van der Waals surface area contributed by atoms with Crippen LogP contribution in [0.4, 0.5) is 17.2 Å². The number of amides is 1. The van der Waals surface area contributed by atoms with Crippen LogP contribution < -0.4 is 15.4 Å². The Morgan fingerprint density at radius 2 is 1.83 bits per heavy atom. The average Bonchev–Trinajstić information content (AvgIpc) is 2.82. The van der Waals surface area contributed by atoms with Crippen molar-refractivity contribution >= 4 is 61.9 Å². The Balaban J connectivity index is 1.72. The van der Waals surface area contributed by atoms with Crippen molar-refractivity contribution in [3.63, 3.8) is 0 Å². The summed E-state index contributed by atoms with van der Waals surface area (Å²) in [4.78, 5) is 44.6. The molecule has 0 saturated heterocycles. The predicted molar refractivity (Wildman–Crippen MR) is 138 cm³/mol. The molecule has 10 nitrogen and oxygen atoms in total. The van der Waals surface area contributed by atoms with Crippen LogP contribution in [0.3, 0.4) is 0 Å². The van der Waals surface area contributed by atoms with Crippen molar-refractivity contribution in [1.82, 2.24) is 9.97 Å². The molecule has 0 aliphatic rings. The van der Waals surface area contributed by atoms with Gasteiger partial charge in [0.2, 0.25) is 12.7 Å². The summed E-state index contributed by atoms with van der Waals surface area (Å²) in [6, 6.07) is 10.9. The van der Waals surface area contributed by atoms with Crippen molar-refractivity contribution in [2.75, 3.05) is 24.5 Å². The highest BCUT2D eigenvalue weighted by molar-refractivity contribution is 9.10. The summed E-state index contributed by atoms with van der Waals surface area (Å²) in [6.07, 6.45) is 3.35. The average molecular weight is 557 g/mol. The van der Waals surface area contributed by atoms with Crippen LogP contribution in [0.2, 0.25) is 0 Å². The van der Waals surface area contributed by atoms with Gasteiger partial charge < -0.3 is 24.8 Å². The molecule has 0 fully saturated rings. The topological polar surface area (TPSA) is 129 Å². The quantitative estimate of drug-likeness (QED) is 0.230. The van der Waals surface area contributed by atoms with Crippen LogP contribution in [0.15, 0.2) is 59.4 Å². The van der Waals surface area contributed by atoms with E-state index in [-0.39, 0.29) is 0 Å². The maximum atomic E-state index is 12.4. The highest BCUT2D eigenvalue weighted by Crippen LogP contribution is 2.33. The number of methoxy groups -OCH3 is 1. The van der Waals surface area contributed by atoms with E-state index in [0.717, 1.165) is 22.3 Å². The van der Waals surface area contributed by atoms with Gasteiger partial charge >= 0.3 is 11.9 Å². The largest absolute Gasteiger partial charge is 0.494 e. The zero-order valence-corrected chi connectivity index (χ0v) is 21.7. The maximum Gasteiger partial charge on any atom is 0.333 e. The second-order valence-electron chi connectivity index (χ2n) is 8.51. The third kappa shape index (κ3) is 7.25. The molecule has 1 aromatic heterocycles. The van der Waals surface area contributed by atoms with Crippen molar-refractivity contribution in [2.45, 2.75) is 20.8 Å². The Labute approximate surface area is 216 Å². The Bertz CT molecular complexity index is 1320. The van der Waals surface area contributed by atoms with E-state index in [1.165, 1.54) is 13.4 Å².